The number of amides is 2. The number of hydrogen-bond acceptors (Lipinski definition) is 6. The van der Waals surface area contributed by atoms with Gasteiger partial charge in [-0.1, -0.05) is 17.9 Å². The van der Waals surface area contributed by atoms with Crippen LogP contribution in [0.15, 0.2) is 34.1 Å². The Morgan fingerprint density at radius 3 is 2.65 bits per heavy atom. The Bertz CT molecular complexity index is 1190. The molecule has 1 atom stereocenters. The zero-order valence-corrected chi connectivity index (χ0v) is 24.3. The lowest BCUT2D eigenvalue weighted by Gasteiger charge is -2.39. The van der Waals surface area contributed by atoms with E-state index in [-0.39, 0.29) is 13.2 Å². The normalized spacial score (nSPS) is 14.8. The predicted molar refractivity (Wildman–Crippen MR) is 147 cm³/mol. The molecule has 1 unspecified atom stereocenters. The van der Waals surface area contributed by atoms with Gasteiger partial charge in [0.15, 0.2) is 6.04 Å². The van der Waals surface area contributed by atoms with Gasteiger partial charge in [-0.25, -0.2) is 4.79 Å². The van der Waals surface area contributed by atoms with E-state index in [1.807, 2.05) is 44.4 Å². The van der Waals surface area contributed by atoms with Crippen molar-refractivity contribution in [3.05, 3.63) is 50.1 Å². The summed E-state index contributed by atoms with van der Waals surface area (Å²) in [4.78, 5) is 44.2. The molecular weight excluding hydrogens is 556 g/mol. The monoisotopic (exact) mass is 588 g/mol. The van der Waals surface area contributed by atoms with E-state index in [1.54, 1.807) is 36.3 Å². The minimum absolute atomic E-state index is 0.165. The predicted octanol–water partition coefficient (Wildman–Crippen LogP) is 4.97. The number of methoxy groups -OCH3 is 1. The number of carbonyl (C=O) groups is 3. The lowest BCUT2D eigenvalue weighted by atomic mass is 9.92. The molecule has 0 N–H and O–H groups in total. The number of halogens is 1. The van der Waals surface area contributed by atoms with E-state index in [9.17, 15) is 14.4 Å². The lowest BCUT2D eigenvalue weighted by molar-refractivity contribution is -0.162. The summed E-state index contributed by atoms with van der Waals surface area (Å²) >= 11 is 5.06. The fraction of sp³-hybridized carbons (Fsp3) is 0.464. The fourth-order valence-electron chi connectivity index (χ4n) is 4.28. The first kappa shape index (κ1) is 28.7. The highest BCUT2D eigenvalue weighted by Gasteiger charge is 2.42. The van der Waals surface area contributed by atoms with Crippen molar-refractivity contribution in [2.45, 2.75) is 58.5 Å². The Balaban J connectivity index is 1.83. The van der Waals surface area contributed by atoms with Gasteiger partial charge in [-0.2, -0.15) is 0 Å². The summed E-state index contributed by atoms with van der Waals surface area (Å²) in [6.07, 6.45) is 1.72. The molecule has 3 rings (SSSR count). The van der Waals surface area contributed by atoms with Crippen molar-refractivity contribution in [3.8, 4) is 17.6 Å². The molecule has 1 aliphatic rings. The van der Waals surface area contributed by atoms with Crippen LogP contribution in [0.3, 0.4) is 0 Å². The summed E-state index contributed by atoms with van der Waals surface area (Å²) < 4.78 is 11.4. The van der Waals surface area contributed by atoms with E-state index in [0.29, 0.717) is 41.6 Å². The van der Waals surface area contributed by atoms with Crippen LogP contribution >= 0.6 is 27.3 Å². The van der Waals surface area contributed by atoms with E-state index in [4.69, 9.17) is 9.47 Å². The van der Waals surface area contributed by atoms with Crippen molar-refractivity contribution in [3.63, 3.8) is 0 Å². The molecule has 37 heavy (non-hydrogen) atoms. The molecule has 7 nitrogen and oxygen atoms in total. The third-order valence-corrected chi connectivity index (χ3v) is 7.47. The SMILES string of the molecule is CCOC(=O)C1c2cc(Br)c(OC)cc2CCN1C(=O)C(=O)N(CCCC#Cc1cccs1)C(C)(C)C. The maximum atomic E-state index is 13.6. The third kappa shape index (κ3) is 6.93. The fourth-order valence-corrected chi connectivity index (χ4v) is 5.39. The molecule has 0 spiro atoms. The van der Waals surface area contributed by atoms with Crippen LogP contribution < -0.4 is 4.74 Å². The van der Waals surface area contributed by atoms with Crippen molar-refractivity contribution in [1.29, 1.82) is 0 Å². The van der Waals surface area contributed by atoms with Crippen LogP contribution in [-0.4, -0.2) is 59.9 Å². The number of benzene rings is 1. The zero-order chi connectivity index (χ0) is 27.2. The highest BCUT2D eigenvalue weighted by atomic mass is 79.9. The Morgan fingerprint density at radius 1 is 1.27 bits per heavy atom. The minimum Gasteiger partial charge on any atom is -0.496 e. The molecule has 2 aromatic rings. The van der Waals surface area contributed by atoms with Gasteiger partial charge < -0.3 is 19.3 Å². The summed E-state index contributed by atoms with van der Waals surface area (Å²) in [6.45, 7) is 8.17. The van der Waals surface area contributed by atoms with Crippen LogP contribution in [-0.2, 0) is 25.5 Å². The van der Waals surface area contributed by atoms with Crippen molar-refractivity contribution in [2.75, 3.05) is 26.8 Å². The second kappa shape index (κ2) is 12.6. The number of carbonyl (C=O) groups excluding carboxylic acids is 3. The Kier molecular flexibility index (Phi) is 9.80. The van der Waals surface area contributed by atoms with E-state index < -0.39 is 29.4 Å². The average molecular weight is 590 g/mol. The maximum absolute atomic E-state index is 13.6. The van der Waals surface area contributed by atoms with Gasteiger partial charge in [0.25, 0.3) is 0 Å². The van der Waals surface area contributed by atoms with Gasteiger partial charge in [0.1, 0.15) is 5.75 Å². The van der Waals surface area contributed by atoms with Crippen molar-refractivity contribution in [2.24, 2.45) is 0 Å². The van der Waals surface area contributed by atoms with Crippen LogP contribution in [0.5, 0.6) is 5.75 Å². The van der Waals surface area contributed by atoms with Crippen LogP contribution in [0.4, 0.5) is 0 Å². The number of hydrogen-bond donors (Lipinski definition) is 0. The molecule has 0 saturated heterocycles. The van der Waals surface area contributed by atoms with Gasteiger partial charge >= 0.3 is 17.8 Å². The highest BCUT2D eigenvalue weighted by molar-refractivity contribution is 9.10. The van der Waals surface area contributed by atoms with Crippen molar-refractivity contribution in [1.82, 2.24) is 9.80 Å². The first-order valence-corrected chi connectivity index (χ1v) is 13.9. The van der Waals surface area contributed by atoms with E-state index in [2.05, 4.69) is 27.8 Å². The second-order valence-electron chi connectivity index (χ2n) is 9.60. The molecule has 1 aromatic heterocycles. The van der Waals surface area contributed by atoms with Crippen LogP contribution in [0, 0.1) is 11.8 Å². The van der Waals surface area contributed by atoms with E-state index in [1.165, 1.54) is 4.90 Å². The largest absolute Gasteiger partial charge is 0.496 e. The topological polar surface area (TPSA) is 76.1 Å². The number of ether oxygens (including phenoxy) is 2. The molecular formula is C28H33BrN2O5S. The maximum Gasteiger partial charge on any atom is 0.333 e. The minimum atomic E-state index is -1.01. The molecule has 2 heterocycles. The van der Waals surface area contributed by atoms with Crippen LogP contribution in [0.25, 0.3) is 0 Å². The van der Waals surface area contributed by atoms with E-state index in [0.717, 1.165) is 10.4 Å². The molecule has 0 radical (unpaired) electrons. The molecule has 9 heteroatoms. The Labute approximate surface area is 231 Å². The summed E-state index contributed by atoms with van der Waals surface area (Å²) in [7, 11) is 1.57. The summed E-state index contributed by atoms with van der Waals surface area (Å²) in [5, 5.41) is 1.98. The number of nitrogens with zero attached hydrogens (tertiary/aromatic N) is 2. The standard InChI is InChI=1S/C28H33BrN2O5S/c1-6-36-27(34)24-21-18-22(29)23(35-5)17-19(21)13-15-30(24)25(32)26(33)31(28(2,3)4)14-9-7-8-11-20-12-10-16-37-20/h10,12,16-18,24H,6-7,9,13-15H2,1-5H3. The van der Waals surface area contributed by atoms with Gasteiger partial charge in [-0.3, -0.25) is 9.59 Å². The van der Waals surface area contributed by atoms with Gasteiger partial charge in [0.2, 0.25) is 0 Å². The zero-order valence-electron chi connectivity index (χ0n) is 21.9. The third-order valence-electron chi connectivity index (χ3n) is 6.07. The van der Waals surface area contributed by atoms with Crippen molar-refractivity contribution < 1.29 is 23.9 Å². The molecule has 1 aromatic carbocycles. The van der Waals surface area contributed by atoms with Gasteiger partial charge in [-0.15, -0.1) is 11.3 Å². The number of thiophene rings is 1. The number of unbranched alkanes of at least 4 members (excludes halogenated alkanes) is 1. The number of rotatable bonds is 6. The van der Waals surface area contributed by atoms with Gasteiger partial charge in [0.05, 0.1) is 23.1 Å². The molecule has 2 amide bonds. The summed E-state index contributed by atoms with van der Waals surface area (Å²) in [5.41, 5.74) is 0.925. The Hall–Kier alpha value is -2.83. The number of fused-ring (bicyclic) bond motifs is 1. The van der Waals surface area contributed by atoms with Crippen LogP contribution in [0.1, 0.15) is 62.6 Å². The molecule has 198 valence electrons. The number of esters is 1. The first-order valence-electron chi connectivity index (χ1n) is 12.3. The summed E-state index contributed by atoms with van der Waals surface area (Å²) in [5.74, 6) is 4.99. The van der Waals surface area contributed by atoms with Crippen LogP contribution in [0.2, 0.25) is 0 Å². The smallest absolute Gasteiger partial charge is 0.333 e. The Morgan fingerprint density at radius 2 is 2.03 bits per heavy atom. The lowest BCUT2D eigenvalue weighted by Crippen LogP contribution is -2.55. The molecule has 0 aliphatic carbocycles. The molecule has 1 aliphatic heterocycles. The molecule has 0 bridgehead atoms. The first-order chi connectivity index (χ1) is 17.6. The average Bonchev–Trinajstić information content (AvgIpc) is 3.37. The van der Waals surface area contributed by atoms with Crippen molar-refractivity contribution >= 4 is 45.1 Å². The van der Waals surface area contributed by atoms with Gasteiger partial charge in [-0.05, 0) is 91.2 Å². The summed E-state index contributed by atoms with van der Waals surface area (Å²) in [6, 6.07) is 6.53. The second-order valence-corrected chi connectivity index (χ2v) is 11.4. The molecule has 0 saturated carbocycles. The highest BCUT2D eigenvalue weighted by Crippen LogP contribution is 2.38. The molecule has 0 fully saturated rings. The van der Waals surface area contributed by atoms with E-state index >= 15 is 0 Å². The quantitative estimate of drug-likeness (QED) is 0.206. The van der Waals surface area contributed by atoms with Gasteiger partial charge in [0, 0.05) is 25.0 Å².